The summed E-state index contributed by atoms with van der Waals surface area (Å²) < 4.78 is 5.88. The summed E-state index contributed by atoms with van der Waals surface area (Å²) in [7, 11) is 1.29. The monoisotopic (exact) mass is 353 g/mol. The van der Waals surface area contributed by atoms with Crippen molar-refractivity contribution < 1.29 is 14.3 Å². The fourth-order valence-corrected chi connectivity index (χ4v) is 3.19. The van der Waals surface area contributed by atoms with Crippen molar-refractivity contribution in [3.8, 4) is 0 Å². The van der Waals surface area contributed by atoms with Gasteiger partial charge in [-0.1, -0.05) is 0 Å². The third-order valence-corrected chi connectivity index (χ3v) is 4.64. The smallest absolute Gasteiger partial charge is 0.328 e. The van der Waals surface area contributed by atoms with Crippen molar-refractivity contribution in [2.24, 2.45) is 0 Å². The van der Waals surface area contributed by atoms with Crippen molar-refractivity contribution in [1.82, 2.24) is 15.1 Å². The van der Waals surface area contributed by atoms with E-state index < -0.39 is 17.9 Å². The molecule has 0 aromatic carbocycles. The standard InChI is InChI=1S/C16H23N3O4S/c1-23-16(22)13(7-8-24-2)17-14(20)10-19-15(21)9-11-5-3-4-6-12(11)18-19/h9,13H,3-8,10H2,1-2H3,(H,17,20)/t13-/m1/s1. The zero-order chi connectivity index (χ0) is 17.5. The van der Waals surface area contributed by atoms with Crippen LogP contribution < -0.4 is 10.9 Å². The van der Waals surface area contributed by atoms with E-state index in [1.54, 1.807) is 17.8 Å². The SMILES string of the molecule is COC(=O)[C@@H](CCSC)NC(=O)Cn1nc2c(cc1=O)CCCC2. The van der Waals surface area contributed by atoms with Crippen molar-refractivity contribution in [1.29, 1.82) is 0 Å². The van der Waals surface area contributed by atoms with Gasteiger partial charge in [0.25, 0.3) is 5.56 Å². The number of ether oxygens (including phenoxy) is 1. The molecule has 1 amide bonds. The molecule has 1 heterocycles. The Balaban J connectivity index is 2.05. The molecule has 24 heavy (non-hydrogen) atoms. The Morgan fingerprint density at radius 2 is 2.17 bits per heavy atom. The maximum absolute atomic E-state index is 12.2. The minimum Gasteiger partial charge on any atom is -0.467 e. The molecule has 2 rings (SSSR count). The van der Waals surface area contributed by atoms with Crippen LogP contribution in [0.25, 0.3) is 0 Å². The van der Waals surface area contributed by atoms with E-state index in [0.717, 1.165) is 42.7 Å². The first-order chi connectivity index (χ1) is 11.5. The van der Waals surface area contributed by atoms with E-state index in [9.17, 15) is 14.4 Å². The molecule has 1 aliphatic rings. The molecular formula is C16H23N3O4S. The Kier molecular flexibility index (Phi) is 6.84. The van der Waals surface area contributed by atoms with Crippen LogP contribution in [-0.2, 0) is 33.7 Å². The van der Waals surface area contributed by atoms with Crippen LogP contribution in [0, 0.1) is 0 Å². The zero-order valence-electron chi connectivity index (χ0n) is 14.0. The topological polar surface area (TPSA) is 90.3 Å². The summed E-state index contributed by atoms with van der Waals surface area (Å²) in [5.41, 5.74) is 1.58. The Morgan fingerprint density at radius 3 is 2.88 bits per heavy atom. The van der Waals surface area contributed by atoms with Crippen molar-refractivity contribution in [2.75, 3.05) is 19.1 Å². The Labute approximate surface area is 145 Å². The van der Waals surface area contributed by atoms with Gasteiger partial charge in [-0.05, 0) is 49.7 Å². The third-order valence-electron chi connectivity index (χ3n) is 4.00. The highest BCUT2D eigenvalue weighted by molar-refractivity contribution is 7.98. The second-order valence-corrected chi connectivity index (χ2v) is 6.73. The first-order valence-corrected chi connectivity index (χ1v) is 9.40. The number of methoxy groups -OCH3 is 1. The number of nitrogens with one attached hydrogen (secondary N) is 1. The fourth-order valence-electron chi connectivity index (χ4n) is 2.72. The van der Waals surface area contributed by atoms with Crippen LogP contribution in [0.5, 0.6) is 0 Å². The van der Waals surface area contributed by atoms with Crippen molar-refractivity contribution in [2.45, 2.75) is 44.7 Å². The van der Waals surface area contributed by atoms with Crippen LogP contribution in [0.3, 0.4) is 0 Å². The van der Waals surface area contributed by atoms with Gasteiger partial charge in [0.2, 0.25) is 5.91 Å². The van der Waals surface area contributed by atoms with Gasteiger partial charge in [0.15, 0.2) is 0 Å². The van der Waals surface area contributed by atoms with Crippen LogP contribution in [-0.4, -0.2) is 46.8 Å². The average Bonchev–Trinajstić information content (AvgIpc) is 2.58. The molecule has 1 aliphatic carbocycles. The molecule has 1 atom stereocenters. The van der Waals surface area contributed by atoms with E-state index in [1.807, 2.05) is 6.26 Å². The quantitative estimate of drug-likeness (QED) is 0.719. The average molecular weight is 353 g/mol. The number of esters is 1. The van der Waals surface area contributed by atoms with E-state index in [4.69, 9.17) is 4.74 Å². The minimum atomic E-state index is -0.705. The number of thioether (sulfide) groups is 1. The van der Waals surface area contributed by atoms with Crippen LogP contribution in [0.4, 0.5) is 0 Å². The molecule has 1 aromatic heterocycles. The van der Waals surface area contributed by atoms with Gasteiger partial charge in [0, 0.05) is 6.07 Å². The van der Waals surface area contributed by atoms with Crippen molar-refractivity contribution in [3.05, 3.63) is 27.7 Å². The van der Waals surface area contributed by atoms with E-state index in [2.05, 4.69) is 10.4 Å². The van der Waals surface area contributed by atoms with Gasteiger partial charge in [-0.3, -0.25) is 9.59 Å². The lowest BCUT2D eigenvalue weighted by Crippen LogP contribution is -2.44. The number of hydrogen-bond acceptors (Lipinski definition) is 6. The summed E-state index contributed by atoms with van der Waals surface area (Å²) in [6.45, 7) is -0.196. The van der Waals surface area contributed by atoms with E-state index in [0.29, 0.717) is 6.42 Å². The molecule has 0 spiro atoms. The Morgan fingerprint density at radius 1 is 1.42 bits per heavy atom. The molecule has 0 unspecified atom stereocenters. The third kappa shape index (κ3) is 4.83. The van der Waals surface area contributed by atoms with Gasteiger partial charge in [0.05, 0.1) is 12.8 Å². The molecular weight excluding hydrogens is 330 g/mol. The maximum atomic E-state index is 12.2. The molecule has 0 radical (unpaired) electrons. The molecule has 0 bridgehead atoms. The number of amides is 1. The van der Waals surface area contributed by atoms with Crippen molar-refractivity contribution in [3.63, 3.8) is 0 Å². The second kappa shape index (κ2) is 8.86. The summed E-state index contributed by atoms with van der Waals surface area (Å²) >= 11 is 1.58. The highest BCUT2D eigenvalue weighted by Crippen LogP contribution is 2.16. The van der Waals surface area contributed by atoms with Crippen molar-refractivity contribution >= 4 is 23.6 Å². The highest BCUT2D eigenvalue weighted by Gasteiger charge is 2.22. The first-order valence-electron chi connectivity index (χ1n) is 8.01. The summed E-state index contributed by atoms with van der Waals surface area (Å²) in [5.74, 6) is -0.183. The minimum absolute atomic E-state index is 0.196. The first kappa shape index (κ1) is 18.5. The van der Waals surface area contributed by atoms with Gasteiger partial charge < -0.3 is 10.1 Å². The largest absolute Gasteiger partial charge is 0.467 e. The highest BCUT2D eigenvalue weighted by atomic mass is 32.2. The van der Waals surface area contributed by atoms with Gasteiger partial charge in [-0.25, -0.2) is 9.48 Å². The predicted molar refractivity (Wildman–Crippen MR) is 92.1 cm³/mol. The van der Waals surface area contributed by atoms with Gasteiger partial charge in [0.1, 0.15) is 12.6 Å². The van der Waals surface area contributed by atoms with Crippen LogP contribution in [0.15, 0.2) is 10.9 Å². The lowest BCUT2D eigenvalue weighted by Gasteiger charge is -2.18. The number of fused-ring (bicyclic) bond motifs is 1. The lowest BCUT2D eigenvalue weighted by molar-refractivity contribution is -0.145. The number of carbonyl (C=O) groups excluding carboxylic acids is 2. The molecule has 8 heteroatoms. The lowest BCUT2D eigenvalue weighted by atomic mass is 9.97. The number of carbonyl (C=O) groups is 2. The Bertz CT molecular complexity index is 659. The molecule has 1 N–H and O–H groups in total. The maximum Gasteiger partial charge on any atom is 0.328 e. The molecule has 0 saturated carbocycles. The molecule has 0 saturated heterocycles. The van der Waals surface area contributed by atoms with Crippen LogP contribution in [0.1, 0.15) is 30.5 Å². The number of rotatable bonds is 7. The number of aryl methyl sites for hydroxylation is 2. The number of aromatic nitrogens is 2. The van der Waals surface area contributed by atoms with E-state index >= 15 is 0 Å². The second-order valence-electron chi connectivity index (χ2n) is 5.74. The molecule has 132 valence electrons. The van der Waals surface area contributed by atoms with Crippen LogP contribution >= 0.6 is 11.8 Å². The molecule has 7 nitrogen and oxygen atoms in total. The summed E-state index contributed by atoms with van der Waals surface area (Å²) in [6.07, 6.45) is 6.21. The van der Waals surface area contributed by atoms with Gasteiger partial charge in [-0.15, -0.1) is 0 Å². The fraction of sp³-hybridized carbons (Fsp3) is 0.625. The summed E-state index contributed by atoms with van der Waals surface area (Å²) in [4.78, 5) is 36.0. The van der Waals surface area contributed by atoms with Gasteiger partial charge >= 0.3 is 5.97 Å². The number of nitrogens with zero attached hydrogens (tertiary/aromatic N) is 2. The normalized spacial score (nSPS) is 14.6. The van der Waals surface area contributed by atoms with E-state index in [-0.39, 0.29) is 12.1 Å². The molecule has 1 aromatic rings. The van der Waals surface area contributed by atoms with Crippen LogP contribution in [0.2, 0.25) is 0 Å². The Hall–Kier alpha value is -1.83. The molecule has 0 fully saturated rings. The molecule has 0 aliphatic heterocycles. The summed E-state index contributed by atoms with van der Waals surface area (Å²) in [6, 6.07) is 0.864. The predicted octanol–water partition coefficient (Wildman–Crippen LogP) is 0.533. The summed E-state index contributed by atoms with van der Waals surface area (Å²) in [5, 5.41) is 6.94. The van der Waals surface area contributed by atoms with Gasteiger partial charge in [-0.2, -0.15) is 16.9 Å². The number of hydrogen-bond donors (Lipinski definition) is 1. The van der Waals surface area contributed by atoms with E-state index in [1.165, 1.54) is 11.8 Å². The zero-order valence-corrected chi connectivity index (χ0v) is 14.9.